The van der Waals surface area contributed by atoms with E-state index in [1.165, 1.54) is 0 Å². The van der Waals surface area contributed by atoms with Crippen LogP contribution in [0.1, 0.15) is 10.4 Å². The van der Waals surface area contributed by atoms with E-state index in [1.807, 2.05) is 0 Å². The lowest BCUT2D eigenvalue weighted by Crippen LogP contribution is -2.32. The molecule has 0 unspecified atom stereocenters. The molecule has 1 aromatic heterocycles. The molecule has 0 spiro atoms. The fourth-order valence-electron chi connectivity index (χ4n) is 1.49. The number of carbonyl (C=O) groups is 1. The molecule has 0 aromatic carbocycles. The van der Waals surface area contributed by atoms with Gasteiger partial charge in [0.05, 0.1) is 17.7 Å². The minimum atomic E-state index is -0.827. The minimum Gasteiger partial charge on any atom is -0.389 e. The van der Waals surface area contributed by atoms with Gasteiger partial charge in [0.25, 0.3) is 17.2 Å². The van der Waals surface area contributed by atoms with Crippen LogP contribution in [-0.4, -0.2) is 45.2 Å². The summed E-state index contributed by atoms with van der Waals surface area (Å²) in [7, 11) is 0. The summed E-state index contributed by atoms with van der Waals surface area (Å²) in [6, 6.07) is 0.870. The summed E-state index contributed by atoms with van der Waals surface area (Å²) < 4.78 is 0. The lowest BCUT2D eigenvalue weighted by Gasteiger charge is -2.12. The van der Waals surface area contributed by atoms with Crippen molar-refractivity contribution in [1.82, 2.24) is 10.0 Å². The molecule has 1 amide bonds. The van der Waals surface area contributed by atoms with Gasteiger partial charge in [-0.1, -0.05) is 0 Å². The van der Waals surface area contributed by atoms with Gasteiger partial charge in [-0.05, 0) is 0 Å². The Morgan fingerprint density at radius 2 is 2.39 bits per heavy atom. The number of rotatable bonds is 2. The Kier molecular flexibility index (Phi) is 3.08. The molecule has 18 heavy (non-hydrogen) atoms. The molecule has 1 aromatic rings. The van der Waals surface area contributed by atoms with Crippen molar-refractivity contribution in [1.29, 1.82) is 0 Å². The number of amides is 1. The third-order valence-electron chi connectivity index (χ3n) is 2.36. The molecule has 0 bridgehead atoms. The highest BCUT2D eigenvalue weighted by Crippen LogP contribution is 2.13. The van der Waals surface area contributed by atoms with Crippen molar-refractivity contribution in [2.75, 3.05) is 13.2 Å². The first-order valence-corrected chi connectivity index (χ1v) is 4.99. The number of aliphatic hydroxyl groups is 1. The lowest BCUT2D eigenvalue weighted by molar-refractivity contribution is -0.385. The number of hydroxylamine groups is 2. The molecule has 0 saturated carbocycles. The van der Waals surface area contributed by atoms with Crippen molar-refractivity contribution in [3.63, 3.8) is 0 Å². The third-order valence-corrected chi connectivity index (χ3v) is 2.36. The number of hydrogen-bond donors (Lipinski definition) is 2. The summed E-state index contributed by atoms with van der Waals surface area (Å²) in [4.78, 5) is 40.0. The molecule has 0 aliphatic carbocycles. The van der Waals surface area contributed by atoms with Crippen LogP contribution in [0, 0.1) is 10.1 Å². The van der Waals surface area contributed by atoms with Crippen molar-refractivity contribution in [2.24, 2.45) is 0 Å². The van der Waals surface area contributed by atoms with Gasteiger partial charge in [-0.3, -0.25) is 24.5 Å². The first-order chi connectivity index (χ1) is 8.49. The van der Waals surface area contributed by atoms with Crippen LogP contribution in [0.15, 0.2) is 17.1 Å². The van der Waals surface area contributed by atoms with Gasteiger partial charge < -0.3 is 10.1 Å². The largest absolute Gasteiger partial charge is 0.389 e. The van der Waals surface area contributed by atoms with Gasteiger partial charge in [0, 0.05) is 6.07 Å². The molecule has 1 saturated heterocycles. The Hall–Kier alpha value is -2.26. The number of aromatic nitrogens is 1. The van der Waals surface area contributed by atoms with Crippen molar-refractivity contribution in [2.45, 2.75) is 6.10 Å². The van der Waals surface area contributed by atoms with Gasteiger partial charge in [-0.2, -0.15) is 0 Å². The molecule has 1 atom stereocenters. The van der Waals surface area contributed by atoms with Crippen LogP contribution >= 0.6 is 0 Å². The monoisotopic (exact) mass is 255 g/mol. The smallest absolute Gasteiger partial charge is 0.286 e. The van der Waals surface area contributed by atoms with Crippen LogP contribution in [0.4, 0.5) is 5.69 Å². The van der Waals surface area contributed by atoms with Crippen molar-refractivity contribution in [3.05, 3.63) is 38.3 Å². The molecule has 2 heterocycles. The van der Waals surface area contributed by atoms with E-state index in [-0.39, 0.29) is 13.2 Å². The van der Waals surface area contributed by atoms with E-state index in [0.717, 1.165) is 17.3 Å². The molecule has 2 N–H and O–H groups in total. The van der Waals surface area contributed by atoms with E-state index in [0.29, 0.717) is 0 Å². The van der Waals surface area contributed by atoms with E-state index < -0.39 is 33.7 Å². The predicted octanol–water partition coefficient (Wildman–Crippen LogP) is -0.969. The fraction of sp³-hybridized carbons (Fsp3) is 0.333. The number of hydrogen-bond acceptors (Lipinski definition) is 6. The minimum absolute atomic E-state index is 0.0570. The van der Waals surface area contributed by atoms with E-state index in [9.17, 15) is 24.8 Å². The summed E-state index contributed by atoms with van der Waals surface area (Å²) >= 11 is 0. The number of nitrogens with zero attached hydrogens (tertiary/aromatic N) is 2. The van der Waals surface area contributed by atoms with Crippen LogP contribution in [0.25, 0.3) is 0 Å². The van der Waals surface area contributed by atoms with E-state index in [2.05, 4.69) is 4.98 Å². The van der Waals surface area contributed by atoms with Gasteiger partial charge in [0.15, 0.2) is 0 Å². The predicted molar refractivity (Wildman–Crippen MR) is 56.7 cm³/mol. The molecule has 2 rings (SSSR count). The van der Waals surface area contributed by atoms with E-state index in [4.69, 9.17) is 4.84 Å². The topological polar surface area (TPSA) is 126 Å². The molecule has 9 nitrogen and oxygen atoms in total. The van der Waals surface area contributed by atoms with Crippen LogP contribution < -0.4 is 5.56 Å². The molecule has 1 fully saturated rings. The molecular formula is C9H9N3O6. The second kappa shape index (κ2) is 4.55. The fourth-order valence-corrected chi connectivity index (χ4v) is 1.49. The highest BCUT2D eigenvalue weighted by Gasteiger charge is 2.29. The zero-order valence-electron chi connectivity index (χ0n) is 9.03. The zero-order valence-corrected chi connectivity index (χ0v) is 9.03. The summed E-state index contributed by atoms with van der Waals surface area (Å²) in [5.74, 6) is -0.823. The van der Waals surface area contributed by atoms with Gasteiger partial charge in [-0.25, -0.2) is 5.06 Å². The first-order valence-electron chi connectivity index (χ1n) is 4.99. The highest BCUT2D eigenvalue weighted by molar-refractivity contribution is 5.93. The Labute approximate surface area is 99.7 Å². The van der Waals surface area contributed by atoms with Gasteiger partial charge in [-0.15, -0.1) is 0 Å². The third kappa shape index (κ3) is 2.21. The molecule has 96 valence electrons. The number of β-amino-alcohol motifs (C(OH)–C–C–N with tert-alkyl or cyclic N) is 1. The number of pyridine rings is 1. The molecule has 1 aliphatic heterocycles. The van der Waals surface area contributed by atoms with Gasteiger partial charge >= 0.3 is 0 Å². The van der Waals surface area contributed by atoms with Crippen LogP contribution in [0.2, 0.25) is 0 Å². The summed E-state index contributed by atoms with van der Waals surface area (Å²) in [6.45, 7) is -0.139. The van der Waals surface area contributed by atoms with Crippen molar-refractivity contribution >= 4 is 11.6 Å². The number of nitro groups is 1. The molecular weight excluding hydrogens is 246 g/mol. The lowest BCUT2D eigenvalue weighted by atomic mass is 10.2. The zero-order chi connectivity index (χ0) is 13.3. The Bertz CT molecular complexity index is 553. The molecule has 9 heteroatoms. The molecule has 0 radical (unpaired) electrons. The van der Waals surface area contributed by atoms with Crippen molar-refractivity contribution in [3.8, 4) is 0 Å². The maximum atomic E-state index is 11.8. The quantitative estimate of drug-likeness (QED) is 0.517. The Morgan fingerprint density at radius 3 is 2.94 bits per heavy atom. The number of nitrogens with one attached hydrogen (secondary N) is 1. The van der Waals surface area contributed by atoms with Gasteiger partial charge in [0.2, 0.25) is 0 Å². The maximum Gasteiger partial charge on any atom is 0.286 e. The first kappa shape index (κ1) is 12.2. The number of H-pyrrole nitrogens is 1. The number of carbonyl (C=O) groups excluding carboxylic acids is 1. The number of aliphatic hydroxyl groups excluding tert-OH is 1. The second-order valence-corrected chi connectivity index (χ2v) is 3.67. The average Bonchev–Trinajstić information content (AvgIpc) is 2.75. The van der Waals surface area contributed by atoms with Gasteiger partial charge in [0.1, 0.15) is 18.3 Å². The standard InChI is InChI=1S/C9H9N3O6/c13-6-3-11(18-4-6)9(15)7-1-5(12(16)17)2-10-8(7)14/h1-2,6,13H,3-4H2,(H,10,14)/t6-/m1/s1. The summed E-state index contributed by atoms with van der Waals surface area (Å²) in [5.41, 5.74) is -1.56. The van der Waals surface area contributed by atoms with Crippen molar-refractivity contribution < 1.29 is 19.7 Å². The Morgan fingerprint density at radius 1 is 1.67 bits per heavy atom. The summed E-state index contributed by atoms with van der Waals surface area (Å²) in [6.07, 6.45) is 0.0745. The van der Waals surface area contributed by atoms with Crippen LogP contribution in [0.3, 0.4) is 0 Å². The second-order valence-electron chi connectivity index (χ2n) is 3.67. The maximum absolute atomic E-state index is 11.8. The van der Waals surface area contributed by atoms with E-state index in [1.54, 1.807) is 0 Å². The normalized spacial score (nSPS) is 18.9. The highest BCUT2D eigenvalue weighted by atomic mass is 16.7. The van der Waals surface area contributed by atoms with Crippen LogP contribution in [0.5, 0.6) is 0 Å². The summed E-state index contributed by atoms with van der Waals surface area (Å²) in [5, 5.41) is 20.5. The van der Waals surface area contributed by atoms with Crippen LogP contribution in [-0.2, 0) is 4.84 Å². The average molecular weight is 255 g/mol. The Balaban J connectivity index is 2.32. The SMILES string of the molecule is O=C(c1cc([N+](=O)[O-])c[nH]c1=O)N1C[C@@H](O)CO1. The van der Waals surface area contributed by atoms with E-state index >= 15 is 0 Å². The number of aromatic amines is 1. The molecule has 1 aliphatic rings.